The first-order valence-corrected chi connectivity index (χ1v) is 7.56. The molecule has 108 valence electrons. The van der Waals surface area contributed by atoms with Crippen molar-refractivity contribution in [2.75, 3.05) is 12.3 Å². The summed E-state index contributed by atoms with van der Waals surface area (Å²) < 4.78 is 26.1. The van der Waals surface area contributed by atoms with Gasteiger partial charge >= 0.3 is 0 Å². The second-order valence-corrected chi connectivity index (χ2v) is 6.26. The Labute approximate surface area is 117 Å². The molecule has 2 rings (SSSR count). The molecule has 1 aromatic heterocycles. The van der Waals surface area contributed by atoms with Crippen molar-refractivity contribution in [3.63, 3.8) is 0 Å². The number of aryl methyl sites for hydroxylation is 2. The zero-order valence-corrected chi connectivity index (χ0v) is 11.8. The van der Waals surface area contributed by atoms with E-state index in [1.165, 1.54) is 16.8 Å². The first-order chi connectivity index (χ1) is 9.46. The summed E-state index contributed by atoms with van der Waals surface area (Å²) in [5.74, 6) is -0.0148. The number of benzene rings is 1. The van der Waals surface area contributed by atoms with Crippen LogP contribution in [0.4, 0.5) is 5.82 Å². The van der Waals surface area contributed by atoms with Gasteiger partial charge in [-0.15, -0.1) is 5.10 Å². The smallest absolute Gasteiger partial charge is 0.229 e. The van der Waals surface area contributed by atoms with Gasteiger partial charge in [0.05, 0.1) is 4.90 Å². The predicted molar refractivity (Wildman–Crippen MR) is 72.8 cm³/mol. The number of nitrogens with two attached hydrogens (primary N) is 1. The highest BCUT2D eigenvalue weighted by atomic mass is 32.2. The van der Waals surface area contributed by atoms with Crippen molar-refractivity contribution >= 4 is 15.7 Å². The lowest BCUT2D eigenvalue weighted by Gasteiger charge is -2.04. The lowest BCUT2D eigenvalue weighted by atomic mass is 10.2. The summed E-state index contributed by atoms with van der Waals surface area (Å²) in [7, 11) is -3.77. The maximum absolute atomic E-state index is 12.4. The molecule has 8 heteroatoms. The monoisotopic (exact) mass is 296 g/mol. The van der Waals surface area contributed by atoms with Crippen LogP contribution in [0.3, 0.4) is 0 Å². The van der Waals surface area contributed by atoms with Crippen LogP contribution in [0.1, 0.15) is 12.0 Å². The highest BCUT2D eigenvalue weighted by Gasteiger charge is 2.25. The van der Waals surface area contributed by atoms with Crippen LogP contribution in [-0.4, -0.2) is 35.1 Å². The Hall–Kier alpha value is -1.93. The van der Waals surface area contributed by atoms with Crippen LogP contribution < -0.4 is 5.73 Å². The largest absolute Gasteiger partial charge is 0.396 e. The Balaban J connectivity index is 2.40. The van der Waals surface area contributed by atoms with Gasteiger partial charge in [0.15, 0.2) is 5.82 Å². The fourth-order valence-corrected chi connectivity index (χ4v) is 2.95. The molecule has 1 aromatic carbocycles. The number of hydrogen-bond acceptors (Lipinski definition) is 6. The molecule has 0 bridgehead atoms. The van der Waals surface area contributed by atoms with E-state index < -0.39 is 9.84 Å². The minimum absolute atomic E-state index is 0.0148. The number of anilines is 1. The molecule has 0 radical (unpaired) electrons. The number of aromatic nitrogens is 3. The number of rotatable bonds is 5. The third-order valence-corrected chi connectivity index (χ3v) is 4.55. The summed E-state index contributed by atoms with van der Waals surface area (Å²) in [6.07, 6.45) is 0.428. The summed E-state index contributed by atoms with van der Waals surface area (Å²) in [4.78, 5) is 0.129. The lowest BCUT2D eigenvalue weighted by Crippen LogP contribution is -2.09. The maximum Gasteiger partial charge on any atom is 0.229 e. The van der Waals surface area contributed by atoms with E-state index in [1.807, 2.05) is 6.92 Å². The molecule has 7 nitrogen and oxygen atoms in total. The van der Waals surface area contributed by atoms with E-state index in [0.717, 1.165) is 5.56 Å². The van der Waals surface area contributed by atoms with Gasteiger partial charge in [-0.25, -0.2) is 13.1 Å². The van der Waals surface area contributed by atoms with Crippen LogP contribution in [0.25, 0.3) is 0 Å². The van der Waals surface area contributed by atoms with Crippen LogP contribution in [0.5, 0.6) is 0 Å². The van der Waals surface area contributed by atoms with Gasteiger partial charge in [-0.3, -0.25) is 0 Å². The molecule has 1 heterocycles. The van der Waals surface area contributed by atoms with E-state index in [9.17, 15) is 8.42 Å². The van der Waals surface area contributed by atoms with Gasteiger partial charge in [-0.05, 0) is 25.5 Å². The third-order valence-electron chi connectivity index (χ3n) is 2.85. The Morgan fingerprint density at radius 1 is 1.30 bits per heavy atom. The standard InChI is InChI=1S/C12H16N4O3S/c1-9-3-5-10(6-4-9)20(18,19)12-11(13)16(15-14-12)7-2-8-17/h3-6,17H,2,7-8,13H2,1H3. The number of nitrogens with zero attached hydrogens (tertiary/aromatic N) is 3. The Kier molecular flexibility index (Phi) is 4.05. The number of nitrogen functional groups attached to an aromatic ring is 1. The quantitative estimate of drug-likeness (QED) is 0.825. The molecule has 0 fully saturated rings. The first-order valence-electron chi connectivity index (χ1n) is 6.08. The molecule has 20 heavy (non-hydrogen) atoms. The van der Waals surface area contributed by atoms with Gasteiger partial charge < -0.3 is 10.8 Å². The van der Waals surface area contributed by atoms with Crippen LogP contribution in [0, 0.1) is 6.92 Å². The number of aliphatic hydroxyl groups is 1. The highest BCUT2D eigenvalue weighted by Crippen LogP contribution is 2.23. The SMILES string of the molecule is Cc1ccc(S(=O)(=O)c2nnn(CCCO)c2N)cc1. The second-order valence-electron chi connectivity index (χ2n) is 4.40. The van der Waals surface area contributed by atoms with E-state index in [-0.39, 0.29) is 22.3 Å². The molecule has 0 aliphatic carbocycles. The molecular formula is C12H16N4O3S. The zero-order valence-electron chi connectivity index (χ0n) is 11.0. The topological polar surface area (TPSA) is 111 Å². The Bertz CT molecular complexity index is 692. The fourth-order valence-electron chi connectivity index (χ4n) is 1.71. The molecule has 3 N–H and O–H groups in total. The van der Waals surface area contributed by atoms with Gasteiger partial charge in [0.1, 0.15) is 0 Å². The first kappa shape index (κ1) is 14.5. The average molecular weight is 296 g/mol. The van der Waals surface area contributed by atoms with Crippen LogP contribution in [0.15, 0.2) is 34.2 Å². The van der Waals surface area contributed by atoms with Gasteiger partial charge in [0, 0.05) is 13.2 Å². The van der Waals surface area contributed by atoms with Crippen LogP contribution in [0.2, 0.25) is 0 Å². The average Bonchev–Trinajstić information content (AvgIpc) is 2.79. The van der Waals surface area contributed by atoms with Gasteiger partial charge in [0.25, 0.3) is 0 Å². The van der Waals surface area contributed by atoms with E-state index in [2.05, 4.69) is 10.3 Å². The highest BCUT2D eigenvalue weighted by molar-refractivity contribution is 7.91. The van der Waals surface area contributed by atoms with Gasteiger partial charge in [-0.1, -0.05) is 22.9 Å². The van der Waals surface area contributed by atoms with Crippen molar-refractivity contribution in [1.29, 1.82) is 0 Å². The molecule has 0 saturated heterocycles. The summed E-state index contributed by atoms with van der Waals surface area (Å²) in [5, 5.41) is 15.9. The van der Waals surface area contributed by atoms with E-state index in [4.69, 9.17) is 10.8 Å². The number of hydrogen-bond donors (Lipinski definition) is 2. The molecule has 0 aliphatic rings. The van der Waals surface area contributed by atoms with Crippen molar-refractivity contribution in [3.8, 4) is 0 Å². The van der Waals surface area contributed by atoms with Crippen molar-refractivity contribution in [2.45, 2.75) is 29.8 Å². The molecule has 0 spiro atoms. The molecule has 0 aliphatic heterocycles. The Morgan fingerprint density at radius 2 is 1.95 bits per heavy atom. The summed E-state index contributed by atoms with van der Waals surface area (Å²) in [5.41, 5.74) is 6.74. The predicted octanol–water partition coefficient (Wildman–Crippen LogP) is 0.384. The summed E-state index contributed by atoms with van der Waals surface area (Å²) in [6, 6.07) is 6.44. The number of aliphatic hydroxyl groups excluding tert-OH is 1. The van der Waals surface area contributed by atoms with E-state index >= 15 is 0 Å². The van der Waals surface area contributed by atoms with Crippen LogP contribution in [-0.2, 0) is 16.4 Å². The molecule has 0 unspecified atom stereocenters. The number of sulfone groups is 1. The van der Waals surface area contributed by atoms with Crippen molar-refractivity contribution < 1.29 is 13.5 Å². The van der Waals surface area contributed by atoms with Gasteiger partial charge in [-0.2, -0.15) is 0 Å². The Morgan fingerprint density at radius 3 is 2.55 bits per heavy atom. The normalized spacial score (nSPS) is 11.7. The third kappa shape index (κ3) is 2.66. The zero-order chi connectivity index (χ0) is 14.8. The summed E-state index contributed by atoms with van der Waals surface area (Å²) in [6.45, 7) is 2.16. The van der Waals surface area contributed by atoms with E-state index in [1.54, 1.807) is 12.1 Å². The molecular weight excluding hydrogens is 280 g/mol. The van der Waals surface area contributed by atoms with Crippen molar-refractivity contribution in [1.82, 2.24) is 15.0 Å². The minimum Gasteiger partial charge on any atom is -0.396 e. The van der Waals surface area contributed by atoms with E-state index in [0.29, 0.717) is 13.0 Å². The van der Waals surface area contributed by atoms with Crippen LogP contribution >= 0.6 is 0 Å². The minimum atomic E-state index is -3.77. The van der Waals surface area contributed by atoms with Crippen molar-refractivity contribution in [2.24, 2.45) is 0 Å². The second kappa shape index (κ2) is 5.59. The molecule has 0 atom stereocenters. The van der Waals surface area contributed by atoms with Crippen molar-refractivity contribution in [3.05, 3.63) is 29.8 Å². The lowest BCUT2D eigenvalue weighted by molar-refractivity contribution is 0.277. The summed E-state index contributed by atoms with van der Waals surface area (Å²) >= 11 is 0. The maximum atomic E-state index is 12.4. The molecule has 0 amide bonds. The molecule has 0 saturated carbocycles. The molecule has 2 aromatic rings. The van der Waals surface area contributed by atoms with Gasteiger partial charge in [0.2, 0.25) is 14.9 Å². The fraction of sp³-hybridized carbons (Fsp3) is 0.333.